The van der Waals surface area contributed by atoms with Gasteiger partial charge in [-0.2, -0.15) is 4.98 Å². The fourth-order valence-corrected chi connectivity index (χ4v) is 3.76. The first kappa shape index (κ1) is 22.6. The van der Waals surface area contributed by atoms with Crippen LogP contribution in [-0.2, 0) is 4.74 Å². The van der Waals surface area contributed by atoms with Crippen molar-refractivity contribution in [1.82, 2.24) is 9.97 Å². The Morgan fingerprint density at radius 3 is 2.43 bits per heavy atom. The third kappa shape index (κ3) is 5.67. The number of benzene rings is 1. The van der Waals surface area contributed by atoms with Crippen LogP contribution in [-0.4, -0.2) is 43.3 Å². The number of aryl methyl sites for hydroxylation is 1. The topological polar surface area (TPSA) is 41.5 Å². The lowest BCUT2D eigenvalue weighted by Crippen LogP contribution is -2.30. The minimum absolute atomic E-state index is 0.491. The van der Waals surface area contributed by atoms with Crippen LogP contribution in [0.15, 0.2) is 28.7 Å². The maximum Gasteiger partial charge on any atom is 0.232 e. The summed E-state index contributed by atoms with van der Waals surface area (Å²) in [5, 5.41) is 0. The minimum Gasteiger partial charge on any atom is -0.383 e. The normalized spacial score (nSPS) is 11.1. The molecular weight excluding hydrogens is 416 g/mol. The number of ether oxygens (including phenoxy) is 1. The molecule has 0 amide bonds. The minimum atomic E-state index is 0.491. The van der Waals surface area contributed by atoms with Gasteiger partial charge in [-0.3, -0.25) is 0 Å². The molecule has 1 aromatic heterocycles. The fourth-order valence-electron chi connectivity index (χ4n) is 3.15. The molecule has 2 aromatic rings. The number of hydrogen-bond acceptors (Lipinski definition) is 5. The first-order chi connectivity index (χ1) is 13.4. The predicted octanol–water partition coefficient (Wildman–Crippen LogP) is 5.69. The van der Waals surface area contributed by atoms with Gasteiger partial charge in [0.1, 0.15) is 5.82 Å². The molecule has 0 saturated carbocycles. The van der Waals surface area contributed by atoms with Crippen LogP contribution in [0.2, 0.25) is 0 Å². The Bertz CT molecular complexity index is 766. The van der Waals surface area contributed by atoms with Crippen molar-refractivity contribution in [2.24, 2.45) is 0 Å². The summed E-state index contributed by atoms with van der Waals surface area (Å²) in [4.78, 5) is 14.1. The monoisotopic (exact) mass is 448 g/mol. The zero-order valence-corrected chi connectivity index (χ0v) is 19.6. The Labute approximate surface area is 178 Å². The molecule has 0 spiro atoms. The number of anilines is 3. The van der Waals surface area contributed by atoms with Crippen LogP contribution < -0.4 is 9.80 Å². The smallest absolute Gasteiger partial charge is 0.232 e. The molecule has 0 aliphatic heterocycles. The van der Waals surface area contributed by atoms with Crippen molar-refractivity contribution < 1.29 is 4.74 Å². The van der Waals surface area contributed by atoms with Crippen molar-refractivity contribution >= 4 is 33.4 Å². The van der Waals surface area contributed by atoms with Gasteiger partial charge in [-0.15, -0.1) is 0 Å². The van der Waals surface area contributed by atoms with Crippen LogP contribution in [0.4, 0.5) is 17.5 Å². The molecule has 6 heteroatoms. The lowest BCUT2D eigenvalue weighted by Gasteiger charge is -2.27. The van der Waals surface area contributed by atoms with Gasteiger partial charge < -0.3 is 14.5 Å². The van der Waals surface area contributed by atoms with E-state index in [0.29, 0.717) is 12.5 Å². The molecule has 0 radical (unpaired) electrons. The largest absolute Gasteiger partial charge is 0.383 e. The van der Waals surface area contributed by atoms with Crippen LogP contribution in [0.5, 0.6) is 0 Å². The molecule has 0 N–H and O–H groups in total. The van der Waals surface area contributed by atoms with Gasteiger partial charge in [0.05, 0.1) is 12.3 Å². The van der Waals surface area contributed by atoms with Gasteiger partial charge >= 0.3 is 0 Å². The molecule has 1 heterocycles. The molecule has 0 unspecified atom stereocenters. The lowest BCUT2D eigenvalue weighted by atomic mass is 10.0. The van der Waals surface area contributed by atoms with E-state index in [1.807, 2.05) is 6.92 Å². The summed E-state index contributed by atoms with van der Waals surface area (Å²) in [6, 6.07) is 8.59. The third-order valence-electron chi connectivity index (χ3n) is 4.70. The zero-order chi connectivity index (χ0) is 20.7. The SMILES string of the molecule is CCCN(CCOC)c1cc(C)nc(N(CC)c2ccc(C(C)C)cc2Br)n1. The second kappa shape index (κ2) is 10.8. The van der Waals surface area contributed by atoms with Gasteiger partial charge in [0.2, 0.25) is 5.95 Å². The summed E-state index contributed by atoms with van der Waals surface area (Å²) in [5.41, 5.74) is 3.36. The first-order valence-corrected chi connectivity index (χ1v) is 10.9. The summed E-state index contributed by atoms with van der Waals surface area (Å²) in [6.45, 7) is 14.0. The number of aromatic nitrogens is 2. The van der Waals surface area contributed by atoms with E-state index in [1.165, 1.54) is 5.56 Å². The highest BCUT2D eigenvalue weighted by Crippen LogP contribution is 2.33. The van der Waals surface area contributed by atoms with Gasteiger partial charge in [0.15, 0.2) is 0 Å². The Kier molecular flexibility index (Phi) is 8.70. The summed E-state index contributed by atoms with van der Waals surface area (Å²) in [5.74, 6) is 2.18. The number of methoxy groups -OCH3 is 1. The van der Waals surface area contributed by atoms with Gasteiger partial charge in [-0.05, 0) is 59.8 Å². The molecule has 0 atom stereocenters. The van der Waals surface area contributed by atoms with E-state index in [4.69, 9.17) is 14.7 Å². The highest BCUT2D eigenvalue weighted by atomic mass is 79.9. The zero-order valence-electron chi connectivity index (χ0n) is 18.0. The first-order valence-electron chi connectivity index (χ1n) is 10.1. The summed E-state index contributed by atoms with van der Waals surface area (Å²) in [6.07, 6.45) is 1.06. The summed E-state index contributed by atoms with van der Waals surface area (Å²) >= 11 is 3.76. The maximum absolute atomic E-state index is 5.28. The van der Waals surface area contributed by atoms with Crippen LogP contribution in [0, 0.1) is 6.92 Å². The molecule has 154 valence electrons. The van der Waals surface area contributed by atoms with Gasteiger partial charge in [-0.1, -0.05) is 26.8 Å². The van der Waals surface area contributed by atoms with Crippen LogP contribution in [0.25, 0.3) is 0 Å². The highest BCUT2D eigenvalue weighted by molar-refractivity contribution is 9.10. The molecule has 0 saturated heterocycles. The number of nitrogens with zero attached hydrogens (tertiary/aromatic N) is 4. The second-order valence-corrected chi connectivity index (χ2v) is 8.11. The van der Waals surface area contributed by atoms with Crippen molar-refractivity contribution in [3.63, 3.8) is 0 Å². The van der Waals surface area contributed by atoms with Crippen molar-refractivity contribution in [2.45, 2.75) is 47.0 Å². The summed E-state index contributed by atoms with van der Waals surface area (Å²) in [7, 11) is 1.73. The predicted molar refractivity (Wildman–Crippen MR) is 122 cm³/mol. The van der Waals surface area contributed by atoms with Gasteiger partial charge in [-0.25, -0.2) is 4.98 Å². The number of halogens is 1. The van der Waals surface area contributed by atoms with E-state index in [9.17, 15) is 0 Å². The van der Waals surface area contributed by atoms with Crippen molar-refractivity contribution in [3.8, 4) is 0 Å². The molecule has 5 nitrogen and oxygen atoms in total. The van der Waals surface area contributed by atoms with Crippen LogP contribution in [0.1, 0.15) is 51.3 Å². The van der Waals surface area contributed by atoms with Crippen LogP contribution >= 0.6 is 15.9 Å². The molecule has 1 aromatic carbocycles. The Morgan fingerprint density at radius 2 is 1.86 bits per heavy atom. The fraction of sp³-hybridized carbons (Fsp3) is 0.545. The Balaban J connectivity index is 2.42. The molecule has 0 aliphatic carbocycles. The quantitative estimate of drug-likeness (QED) is 0.466. The van der Waals surface area contributed by atoms with Crippen molar-refractivity contribution in [1.29, 1.82) is 0 Å². The standard InChI is InChI=1S/C22H33BrN4O/c1-7-11-26(12-13-28-6)21-14-17(5)24-22(25-21)27(8-2)20-10-9-18(16(3)4)15-19(20)23/h9-10,14-16H,7-8,11-13H2,1-6H3. The molecule has 2 rings (SSSR count). The van der Waals surface area contributed by atoms with E-state index in [-0.39, 0.29) is 0 Å². The van der Waals surface area contributed by atoms with E-state index in [2.05, 4.69) is 77.7 Å². The Hall–Kier alpha value is -1.66. The van der Waals surface area contributed by atoms with E-state index in [0.717, 1.165) is 53.7 Å². The maximum atomic E-state index is 5.28. The third-order valence-corrected chi connectivity index (χ3v) is 5.33. The van der Waals surface area contributed by atoms with Gasteiger partial charge in [0.25, 0.3) is 0 Å². The average Bonchev–Trinajstić information content (AvgIpc) is 2.66. The van der Waals surface area contributed by atoms with E-state index in [1.54, 1.807) is 7.11 Å². The highest BCUT2D eigenvalue weighted by Gasteiger charge is 2.17. The van der Waals surface area contributed by atoms with Crippen molar-refractivity contribution in [3.05, 3.63) is 40.0 Å². The molecule has 0 aliphatic rings. The molecule has 28 heavy (non-hydrogen) atoms. The van der Waals surface area contributed by atoms with Crippen molar-refractivity contribution in [2.75, 3.05) is 43.2 Å². The molecular formula is C22H33BrN4O. The molecule has 0 fully saturated rings. The van der Waals surface area contributed by atoms with E-state index < -0.39 is 0 Å². The average molecular weight is 449 g/mol. The van der Waals surface area contributed by atoms with Gasteiger partial charge in [0, 0.05) is 43.0 Å². The Morgan fingerprint density at radius 1 is 1.11 bits per heavy atom. The second-order valence-electron chi connectivity index (χ2n) is 7.26. The number of hydrogen-bond donors (Lipinski definition) is 0. The lowest BCUT2D eigenvalue weighted by molar-refractivity contribution is 0.205. The number of rotatable bonds is 10. The van der Waals surface area contributed by atoms with Crippen LogP contribution in [0.3, 0.4) is 0 Å². The molecule has 0 bridgehead atoms. The summed E-state index contributed by atoms with van der Waals surface area (Å²) < 4.78 is 6.35. The van der Waals surface area contributed by atoms with E-state index >= 15 is 0 Å².